The molecule has 32 heavy (non-hydrogen) atoms. The average molecular weight is 454 g/mol. The molecular formula is C29H59NO2. The van der Waals surface area contributed by atoms with E-state index >= 15 is 0 Å². The van der Waals surface area contributed by atoms with Gasteiger partial charge in [-0.25, -0.2) is 0 Å². The van der Waals surface area contributed by atoms with Gasteiger partial charge >= 0.3 is 5.97 Å². The molecule has 0 rings (SSSR count). The van der Waals surface area contributed by atoms with Crippen molar-refractivity contribution in [3.8, 4) is 0 Å². The van der Waals surface area contributed by atoms with Gasteiger partial charge in [-0.2, -0.15) is 0 Å². The van der Waals surface area contributed by atoms with E-state index in [1.807, 2.05) is 0 Å². The number of rotatable bonds is 25. The van der Waals surface area contributed by atoms with Crippen molar-refractivity contribution in [2.45, 2.75) is 149 Å². The van der Waals surface area contributed by atoms with E-state index in [0.717, 1.165) is 6.42 Å². The molecule has 3 heteroatoms. The molecule has 0 heterocycles. The van der Waals surface area contributed by atoms with Crippen LogP contribution >= 0.6 is 0 Å². The Kier molecular flexibility index (Phi) is 24.6. The summed E-state index contributed by atoms with van der Waals surface area (Å²) in [5, 5.41) is 0. The van der Waals surface area contributed by atoms with Crippen molar-refractivity contribution in [3.63, 3.8) is 0 Å². The van der Waals surface area contributed by atoms with Gasteiger partial charge in [0.1, 0.15) is 0 Å². The molecule has 0 aliphatic carbocycles. The predicted molar refractivity (Wildman–Crippen MR) is 141 cm³/mol. The zero-order valence-electron chi connectivity index (χ0n) is 22.6. The van der Waals surface area contributed by atoms with Gasteiger partial charge in [0.15, 0.2) is 0 Å². The summed E-state index contributed by atoms with van der Waals surface area (Å²) in [6, 6.07) is 0. The molecular weight excluding hydrogens is 394 g/mol. The van der Waals surface area contributed by atoms with Gasteiger partial charge in [0.25, 0.3) is 0 Å². The van der Waals surface area contributed by atoms with E-state index in [9.17, 15) is 4.79 Å². The maximum absolute atomic E-state index is 12.2. The molecule has 0 aromatic heterocycles. The molecule has 0 spiro atoms. The fourth-order valence-corrected chi connectivity index (χ4v) is 4.43. The van der Waals surface area contributed by atoms with Crippen molar-refractivity contribution >= 4 is 5.97 Å². The monoisotopic (exact) mass is 453 g/mol. The van der Waals surface area contributed by atoms with Crippen molar-refractivity contribution in [2.75, 3.05) is 26.7 Å². The third-order valence-electron chi connectivity index (χ3n) is 6.87. The first-order chi connectivity index (χ1) is 15.6. The van der Waals surface area contributed by atoms with Gasteiger partial charge in [-0.15, -0.1) is 0 Å². The summed E-state index contributed by atoms with van der Waals surface area (Å²) in [7, 11) is 2.21. The lowest BCUT2D eigenvalue weighted by Crippen LogP contribution is -2.18. The molecule has 0 atom stereocenters. The van der Waals surface area contributed by atoms with E-state index in [0.29, 0.717) is 18.9 Å². The molecule has 0 aromatic rings. The molecule has 0 bridgehead atoms. The highest BCUT2D eigenvalue weighted by Crippen LogP contribution is 2.21. The van der Waals surface area contributed by atoms with Crippen LogP contribution in [0.15, 0.2) is 0 Å². The van der Waals surface area contributed by atoms with Crippen LogP contribution in [0, 0.1) is 5.92 Å². The molecule has 192 valence electrons. The Morgan fingerprint density at radius 2 is 1.12 bits per heavy atom. The standard InChI is InChI=1S/C29H59NO2/c1-5-8-19-23-28(24-20-9-6-2)27-29(31)32-26-22-18-16-14-12-10-11-13-15-17-21-25-30(4)7-3/h28H,5-27H2,1-4H3. The second-order valence-electron chi connectivity index (χ2n) is 10.1. The van der Waals surface area contributed by atoms with Crippen LogP contribution in [0.25, 0.3) is 0 Å². The largest absolute Gasteiger partial charge is 0.466 e. The molecule has 0 saturated heterocycles. The maximum Gasteiger partial charge on any atom is 0.306 e. The van der Waals surface area contributed by atoms with Crippen LogP contribution in [0.2, 0.25) is 0 Å². The first kappa shape index (κ1) is 31.4. The van der Waals surface area contributed by atoms with E-state index in [1.54, 1.807) is 0 Å². The Hall–Kier alpha value is -0.570. The van der Waals surface area contributed by atoms with Crippen molar-refractivity contribution < 1.29 is 9.53 Å². The summed E-state index contributed by atoms with van der Waals surface area (Å²) in [5.74, 6) is 0.586. The van der Waals surface area contributed by atoms with Crippen molar-refractivity contribution in [1.29, 1.82) is 0 Å². The van der Waals surface area contributed by atoms with Crippen molar-refractivity contribution in [2.24, 2.45) is 5.92 Å². The fraction of sp³-hybridized carbons (Fsp3) is 0.966. The summed E-state index contributed by atoms with van der Waals surface area (Å²) in [6.07, 6.45) is 25.2. The van der Waals surface area contributed by atoms with E-state index in [2.05, 4.69) is 32.7 Å². The highest BCUT2D eigenvalue weighted by atomic mass is 16.5. The summed E-state index contributed by atoms with van der Waals surface area (Å²) in [4.78, 5) is 14.6. The first-order valence-electron chi connectivity index (χ1n) is 14.5. The molecule has 0 aliphatic rings. The number of hydrogen-bond donors (Lipinski definition) is 0. The van der Waals surface area contributed by atoms with Crippen LogP contribution < -0.4 is 0 Å². The lowest BCUT2D eigenvalue weighted by atomic mass is 9.92. The van der Waals surface area contributed by atoms with Gasteiger partial charge in [0.2, 0.25) is 0 Å². The minimum atomic E-state index is 0.0457. The van der Waals surface area contributed by atoms with Crippen LogP contribution in [-0.2, 0) is 9.53 Å². The molecule has 0 N–H and O–H groups in total. The van der Waals surface area contributed by atoms with Crippen LogP contribution in [0.5, 0.6) is 0 Å². The zero-order chi connectivity index (χ0) is 23.7. The Bertz CT molecular complexity index is 375. The Labute approximate surface area is 202 Å². The highest BCUT2D eigenvalue weighted by molar-refractivity contribution is 5.69. The summed E-state index contributed by atoms with van der Waals surface area (Å²) < 4.78 is 5.56. The number of ether oxygens (including phenoxy) is 1. The van der Waals surface area contributed by atoms with E-state index in [-0.39, 0.29) is 5.97 Å². The normalized spacial score (nSPS) is 11.6. The number of carbonyl (C=O) groups is 1. The highest BCUT2D eigenvalue weighted by Gasteiger charge is 2.14. The first-order valence-corrected chi connectivity index (χ1v) is 14.5. The fourth-order valence-electron chi connectivity index (χ4n) is 4.43. The van der Waals surface area contributed by atoms with Crippen molar-refractivity contribution in [3.05, 3.63) is 0 Å². The molecule has 0 aliphatic heterocycles. The Morgan fingerprint density at radius 1 is 0.656 bits per heavy atom. The maximum atomic E-state index is 12.2. The predicted octanol–water partition coefficient (Wildman–Crippen LogP) is 8.94. The summed E-state index contributed by atoms with van der Waals surface area (Å²) >= 11 is 0. The number of nitrogens with zero attached hydrogens (tertiary/aromatic N) is 1. The molecule has 0 fully saturated rings. The van der Waals surface area contributed by atoms with E-state index in [4.69, 9.17) is 4.74 Å². The van der Waals surface area contributed by atoms with E-state index < -0.39 is 0 Å². The minimum Gasteiger partial charge on any atom is -0.466 e. The van der Waals surface area contributed by atoms with Gasteiger partial charge in [-0.1, -0.05) is 117 Å². The summed E-state index contributed by atoms with van der Waals surface area (Å²) in [6.45, 7) is 9.77. The third-order valence-corrected chi connectivity index (χ3v) is 6.87. The number of unbranched alkanes of at least 4 members (excludes halogenated alkanes) is 14. The molecule has 3 nitrogen and oxygen atoms in total. The lowest BCUT2D eigenvalue weighted by molar-refractivity contribution is -0.145. The quantitative estimate of drug-likeness (QED) is 0.102. The topological polar surface area (TPSA) is 29.5 Å². The van der Waals surface area contributed by atoms with Crippen molar-refractivity contribution in [1.82, 2.24) is 4.90 Å². The molecule has 0 unspecified atom stereocenters. The van der Waals surface area contributed by atoms with Gasteiger partial charge in [0, 0.05) is 6.42 Å². The smallest absolute Gasteiger partial charge is 0.306 e. The third kappa shape index (κ3) is 22.6. The molecule has 0 saturated carbocycles. The number of hydrogen-bond acceptors (Lipinski definition) is 3. The van der Waals surface area contributed by atoms with Gasteiger partial charge < -0.3 is 9.64 Å². The second kappa shape index (κ2) is 25.1. The van der Waals surface area contributed by atoms with Crippen LogP contribution in [0.4, 0.5) is 0 Å². The summed E-state index contributed by atoms with van der Waals surface area (Å²) in [5.41, 5.74) is 0. The molecule has 0 aromatic carbocycles. The SMILES string of the molecule is CCCCCC(CCCCC)CC(=O)OCCCCCCCCCCCCCN(C)CC. The Balaban J connectivity index is 3.52. The van der Waals surface area contributed by atoms with Gasteiger partial charge in [-0.3, -0.25) is 4.79 Å². The Morgan fingerprint density at radius 3 is 1.59 bits per heavy atom. The number of esters is 1. The van der Waals surface area contributed by atoms with Gasteiger partial charge in [0.05, 0.1) is 6.61 Å². The van der Waals surface area contributed by atoms with Crippen LogP contribution in [0.1, 0.15) is 149 Å². The molecule has 0 amide bonds. The van der Waals surface area contributed by atoms with Gasteiger partial charge in [-0.05, 0) is 51.7 Å². The van der Waals surface area contributed by atoms with Crippen LogP contribution in [0.3, 0.4) is 0 Å². The minimum absolute atomic E-state index is 0.0457. The van der Waals surface area contributed by atoms with E-state index in [1.165, 1.54) is 129 Å². The number of carbonyl (C=O) groups excluding carboxylic acids is 1. The van der Waals surface area contributed by atoms with Crippen LogP contribution in [-0.4, -0.2) is 37.6 Å². The zero-order valence-corrected chi connectivity index (χ0v) is 22.6. The molecule has 0 radical (unpaired) electrons. The lowest BCUT2D eigenvalue weighted by Gasteiger charge is -2.16. The second-order valence-corrected chi connectivity index (χ2v) is 10.1. The average Bonchev–Trinajstić information content (AvgIpc) is 2.79.